The van der Waals surface area contributed by atoms with Crippen LogP contribution in [0.4, 0.5) is 0 Å². The molecule has 0 aliphatic heterocycles. The maximum atomic E-state index is 12.6. The van der Waals surface area contributed by atoms with E-state index in [1.165, 1.54) is 0 Å². The molecule has 3 rings (SSSR count). The summed E-state index contributed by atoms with van der Waals surface area (Å²) in [5.41, 5.74) is 2.18. The summed E-state index contributed by atoms with van der Waals surface area (Å²) in [5, 5.41) is 20.9. The number of hydrogen-bond donors (Lipinski definition) is 2. The standard InChI is InChI=1S/C19H21N5O3/c1-4-11(2)16(19(26)27)21-18(25)17-12(3)24(23-22-17)15-9-5-8-14-13(15)7-6-10-20-14/h5-11,16H,4H2,1-3H3,(H,21,25)(H,26,27)/t11-,16-/m0/s1. The topological polar surface area (TPSA) is 110 Å². The van der Waals surface area contributed by atoms with E-state index in [1.807, 2.05) is 37.3 Å². The molecule has 2 N–H and O–H groups in total. The van der Waals surface area contributed by atoms with Gasteiger partial charge >= 0.3 is 5.97 Å². The predicted octanol–water partition coefficient (Wildman–Crippen LogP) is 2.35. The summed E-state index contributed by atoms with van der Waals surface area (Å²) in [6.07, 6.45) is 2.34. The highest BCUT2D eigenvalue weighted by molar-refractivity contribution is 5.96. The van der Waals surface area contributed by atoms with Crippen molar-refractivity contribution in [3.63, 3.8) is 0 Å². The molecule has 2 atom stereocenters. The SMILES string of the molecule is CC[C@H](C)[C@H](NC(=O)c1nnn(-c2cccc3ncccc23)c1C)C(=O)O. The smallest absolute Gasteiger partial charge is 0.326 e. The predicted molar refractivity (Wildman–Crippen MR) is 99.7 cm³/mol. The number of carboxylic acids is 1. The average Bonchev–Trinajstić information content (AvgIpc) is 3.06. The first-order chi connectivity index (χ1) is 12.9. The minimum absolute atomic E-state index is 0.102. The quantitative estimate of drug-likeness (QED) is 0.692. The molecule has 0 radical (unpaired) electrons. The minimum atomic E-state index is -1.07. The van der Waals surface area contributed by atoms with Gasteiger partial charge in [-0.05, 0) is 37.1 Å². The lowest BCUT2D eigenvalue weighted by Gasteiger charge is -2.19. The number of amides is 1. The van der Waals surface area contributed by atoms with Gasteiger partial charge in [-0.2, -0.15) is 0 Å². The zero-order valence-electron chi connectivity index (χ0n) is 15.4. The van der Waals surface area contributed by atoms with E-state index in [-0.39, 0.29) is 11.6 Å². The molecule has 0 bridgehead atoms. The van der Waals surface area contributed by atoms with Crippen LogP contribution in [0.1, 0.15) is 36.5 Å². The van der Waals surface area contributed by atoms with Crippen LogP contribution in [0.5, 0.6) is 0 Å². The van der Waals surface area contributed by atoms with Crippen LogP contribution in [0, 0.1) is 12.8 Å². The molecule has 140 valence electrons. The van der Waals surface area contributed by atoms with Gasteiger partial charge < -0.3 is 10.4 Å². The fourth-order valence-electron chi connectivity index (χ4n) is 2.93. The number of carboxylic acid groups (broad SMARTS) is 1. The number of carbonyl (C=O) groups excluding carboxylic acids is 1. The molecule has 0 spiro atoms. The number of aromatic nitrogens is 4. The van der Waals surface area contributed by atoms with E-state index in [1.54, 1.807) is 24.7 Å². The third-order valence-electron chi connectivity index (χ3n) is 4.73. The number of benzene rings is 1. The normalized spacial score (nSPS) is 13.3. The Bertz CT molecular complexity index is 993. The van der Waals surface area contributed by atoms with E-state index in [2.05, 4.69) is 20.6 Å². The van der Waals surface area contributed by atoms with Crippen LogP contribution < -0.4 is 5.32 Å². The van der Waals surface area contributed by atoms with Crippen LogP contribution in [0.3, 0.4) is 0 Å². The number of hydrogen-bond acceptors (Lipinski definition) is 5. The second-order valence-corrected chi connectivity index (χ2v) is 6.46. The van der Waals surface area contributed by atoms with Gasteiger partial charge in [-0.1, -0.05) is 31.5 Å². The van der Waals surface area contributed by atoms with Crippen LogP contribution in [0.2, 0.25) is 0 Å². The van der Waals surface area contributed by atoms with Crippen LogP contribution in [0.25, 0.3) is 16.6 Å². The second-order valence-electron chi connectivity index (χ2n) is 6.46. The lowest BCUT2D eigenvalue weighted by Crippen LogP contribution is -2.45. The molecule has 0 saturated carbocycles. The molecule has 8 nitrogen and oxygen atoms in total. The molecule has 8 heteroatoms. The molecule has 0 fully saturated rings. The highest BCUT2D eigenvalue weighted by atomic mass is 16.4. The number of rotatable bonds is 6. The molecular weight excluding hydrogens is 346 g/mol. The molecule has 1 aromatic carbocycles. The Kier molecular flexibility index (Phi) is 5.16. The molecule has 2 aromatic heterocycles. The van der Waals surface area contributed by atoms with E-state index in [4.69, 9.17) is 0 Å². The lowest BCUT2D eigenvalue weighted by molar-refractivity contribution is -0.140. The van der Waals surface area contributed by atoms with Gasteiger partial charge in [0.2, 0.25) is 0 Å². The lowest BCUT2D eigenvalue weighted by atomic mass is 9.99. The zero-order chi connectivity index (χ0) is 19.6. The molecule has 0 unspecified atom stereocenters. The van der Waals surface area contributed by atoms with Crippen molar-refractivity contribution in [3.05, 3.63) is 47.9 Å². The third kappa shape index (κ3) is 3.51. The molecule has 1 amide bonds. The summed E-state index contributed by atoms with van der Waals surface area (Å²) in [4.78, 5) is 28.4. The Morgan fingerprint density at radius 3 is 2.74 bits per heavy atom. The Morgan fingerprint density at radius 1 is 1.26 bits per heavy atom. The first-order valence-electron chi connectivity index (χ1n) is 8.74. The van der Waals surface area contributed by atoms with Crippen LogP contribution in [-0.2, 0) is 4.79 Å². The number of fused-ring (bicyclic) bond motifs is 1. The van der Waals surface area contributed by atoms with Crippen molar-refractivity contribution in [2.45, 2.75) is 33.2 Å². The van der Waals surface area contributed by atoms with Crippen molar-refractivity contribution < 1.29 is 14.7 Å². The maximum absolute atomic E-state index is 12.6. The fourth-order valence-corrected chi connectivity index (χ4v) is 2.93. The van der Waals surface area contributed by atoms with E-state index in [0.29, 0.717) is 12.1 Å². The summed E-state index contributed by atoms with van der Waals surface area (Å²) >= 11 is 0. The number of carbonyl (C=O) groups is 2. The summed E-state index contributed by atoms with van der Waals surface area (Å²) in [5.74, 6) is -1.82. The van der Waals surface area contributed by atoms with Crippen LogP contribution >= 0.6 is 0 Å². The van der Waals surface area contributed by atoms with Gasteiger partial charge in [-0.3, -0.25) is 9.78 Å². The minimum Gasteiger partial charge on any atom is -0.480 e. The highest BCUT2D eigenvalue weighted by Crippen LogP contribution is 2.22. The van der Waals surface area contributed by atoms with E-state index < -0.39 is 17.9 Å². The van der Waals surface area contributed by atoms with Crippen molar-refractivity contribution in [3.8, 4) is 5.69 Å². The van der Waals surface area contributed by atoms with E-state index >= 15 is 0 Å². The van der Waals surface area contributed by atoms with Crippen LogP contribution in [0.15, 0.2) is 36.5 Å². The van der Waals surface area contributed by atoms with Crippen molar-refractivity contribution >= 4 is 22.8 Å². The summed E-state index contributed by atoms with van der Waals surface area (Å²) < 4.78 is 1.57. The number of nitrogens with one attached hydrogen (secondary N) is 1. The number of pyridine rings is 1. The Morgan fingerprint density at radius 2 is 2.04 bits per heavy atom. The Labute approximate surface area is 156 Å². The van der Waals surface area contributed by atoms with Gasteiger partial charge in [0.05, 0.1) is 16.9 Å². The van der Waals surface area contributed by atoms with Crippen molar-refractivity contribution in [1.29, 1.82) is 0 Å². The molecule has 2 heterocycles. The van der Waals surface area contributed by atoms with E-state index in [9.17, 15) is 14.7 Å². The second kappa shape index (κ2) is 7.53. The zero-order valence-corrected chi connectivity index (χ0v) is 15.4. The van der Waals surface area contributed by atoms with Crippen molar-refractivity contribution in [2.75, 3.05) is 0 Å². The van der Waals surface area contributed by atoms with Crippen molar-refractivity contribution in [1.82, 2.24) is 25.3 Å². The molecule has 0 saturated heterocycles. The molecular formula is C19H21N5O3. The van der Waals surface area contributed by atoms with Gasteiger partial charge in [0, 0.05) is 11.6 Å². The first-order valence-corrected chi connectivity index (χ1v) is 8.74. The first kappa shape index (κ1) is 18.5. The summed E-state index contributed by atoms with van der Waals surface area (Å²) in [6.45, 7) is 5.39. The summed E-state index contributed by atoms with van der Waals surface area (Å²) in [6, 6.07) is 8.38. The molecule has 3 aromatic rings. The Balaban J connectivity index is 1.95. The average molecular weight is 367 g/mol. The van der Waals surface area contributed by atoms with Gasteiger partial charge in [-0.15, -0.1) is 5.10 Å². The van der Waals surface area contributed by atoms with Gasteiger partial charge in [0.1, 0.15) is 6.04 Å². The molecule has 0 aliphatic rings. The Hall–Kier alpha value is -3.29. The van der Waals surface area contributed by atoms with Crippen molar-refractivity contribution in [2.24, 2.45) is 5.92 Å². The fraction of sp³-hybridized carbons (Fsp3) is 0.316. The number of nitrogens with zero attached hydrogens (tertiary/aromatic N) is 4. The maximum Gasteiger partial charge on any atom is 0.326 e. The number of aliphatic carboxylic acids is 1. The van der Waals surface area contributed by atoms with Gasteiger partial charge in [-0.25, -0.2) is 9.48 Å². The van der Waals surface area contributed by atoms with Crippen LogP contribution in [-0.4, -0.2) is 43.0 Å². The summed E-state index contributed by atoms with van der Waals surface area (Å²) in [7, 11) is 0. The van der Waals surface area contributed by atoms with E-state index in [0.717, 1.165) is 16.6 Å². The molecule has 0 aliphatic carbocycles. The molecule has 27 heavy (non-hydrogen) atoms. The third-order valence-corrected chi connectivity index (χ3v) is 4.73. The monoisotopic (exact) mass is 367 g/mol. The van der Waals surface area contributed by atoms with Gasteiger partial charge in [0.15, 0.2) is 5.69 Å². The van der Waals surface area contributed by atoms with Gasteiger partial charge in [0.25, 0.3) is 5.91 Å². The largest absolute Gasteiger partial charge is 0.480 e. The highest BCUT2D eigenvalue weighted by Gasteiger charge is 2.28.